The van der Waals surface area contributed by atoms with Gasteiger partial charge in [0.05, 0.1) is 6.04 Å². The highest BCUT2D eigenvalue weighted by molar-refractivity contribution is 5.04. The Morgan fingerprint density at radius 2 is 1.92 bits per heavy atom. The van der Waals surface area contributed by atoms with Crippen molar-refractivity contribution in [3.63, 3.8) is 0 Å². The maximum atomic E-state index is 5.97. The molecule has 13 heavy (non-hydrogen) atoms. The summed E-state index contributed by atoms with van der Waals surface area (Å²) in [5.74, 6) is 1.18. The van der Waals surface area contributed by atoms with Crippen LogP contribution in [0.5, 0.6) is 0 Å². The van der Waals surface area contributed by atoms with Gasteiger partial charge in [0.1, 0.15) is 5.82 Å². The number of rotatable bonds is 3. The van der Waals surface area contributed by atoms with E-state index >= 15 is 0 Å². The standard InChI is InChI=1S/C10H17N3/c1-4-8(3)9(11)10-12-5-7(2)6-13-10/h5-6,8-9H,4,11H2,1-3H3. The summed E-state index contributed by atoms with van der Waals surface area (Å²) >= 11 is 0. The van der Waals surface area contributed by atoms with Crippen molar-refractivity contribution < 1.29 is 0 Å². The molecule has 1 aromatic rings. The van der Waals surface area contributed by atoms with Gasteiger partial charge in [0.2, 0.25) is 0 Å². The van der Waals surface area contributed by atoms with Gasteiger partial charge in [-0.2, -0.15) is 0 Å². The lowest BCUT2D eigenvalue weighted by molar-refractivity contribution is 0.438. The normalized spacial score (nSPS) is 15.4. The van der Waals surface area contributed by atoms with Crippen LogP contribution in [0.25, 0.3) is 0 Å². The lowest BCUT2D eigenvalue weighted by Crippen LogP contribution is -2.21. The maximum Gasteiger partial charge on any atom is 0.145 e. The molecule has 0 fully saturated rings. The molecule has 0 aliphatic carbocycles. The van der Waals surface area contributed by atoms with Crippen molar-refractivity contribution in [2.45, 2.75) is 33.2 Å². The van der Waals surface area contributed by atoms with Crippen molar-refractivity contribution >= 4 is 0 Å². The number of nitrogens with two attached hydrogens (primary N) is 1. The zero-order valence-electron chi connectivity index (χ0n) is 8.49. The van der Waals surface area contributed by atoms with Crippen LogP contribution in [0.2, 0.25) is 0 Å². The molecular formula is C10H17N3. The molecule has 0 saturated carbocycles. The van der Waals surface area contributed by atoms with Crippen molar-refractivity contribution in [1.82, 2.24) is 9.97 Å². The molecule has 0 spiro atoms. The van der Waals surface area contributed by atoms with E-state index < -0.39 is 0 Å². The molecule has 0 aliphatic rings. The van der Waals surface area contributed by atoms with Gasteiger partial charge in [-0.05, 0) is 18.4 Å². The Labute approximate surface area is 79.4 Å². The Morgan fingerprint density at radius 3 is 2.38 bits per heavy atom. The smallest absolute Gasteiger partial charge is 0.145 e. The highest BCUT2D eigenvalue weighted by Crippen LogP contribution is 2.17. The Bertz CT molecular complexity index is 255. The molecule has 0 amide bonds. The monoisotopic (exact) mass is 179 g/mol. The predicted octanol–water partition coefficient (Wildman–Crippen LogP) is 1.83. The molecule has 1 heterocycles. The first-order valence-corrected chi connectivity index (χ1v) is 4.69. The topological polar surface area (TPSA) is 51.8 Å². The summed E-state index contributed by atoms with van der Waals surface area (Å²) in [7, 11) is 0. The molecule has 72 valence electrons. The molecule has 2 unspecified atom stereocenters. The molecule has 2 N–H and O–H groups in total. The highest BCUT2D eigenvalue weighted by atomic mass is 14.9. The van der Waals surface area contributed by atoms with Crippen LogP contribution in [0.15, 0.2) is 12.4 Å². The van der Waals surface area contributed by atoms with Crippen LogP contribution >= 0.6 is 0 Å². The van der Waals surface area contributed by atoms with E-state index in [9.17, 15) is 0 Å². The number of aryl methyl sites for hydroxylation is 1. The van der Waals surface area contributed by atoms with Crippen molar-refractivity contribution in [3.8, 4) is 0 Å². The van der Waals surface area contributed by atoms with Gasteiger partial charge in [-0.3, -0.25) is 0 Å². The minimum absolute atomic E-state index is 0.0365. The Kier molecular flexibility index (Phi) is 3.37. The van der Waals surface area contributed by atoms with Crippen molar-refractivity contribution in [2.24, 2.45) is 11.7 Å². The van der Waals surface area contributed by atoms with E-state index in [2.05, 4.69) is 23.8 Å². The van der Waals surface area contributed by atoms with Crippen molar-refractivity contribution in [2.75, 3.05) is 0 Å². The van der Waals surface area contributed by atoms with Gasteiger partial charge in [0.15, 0.2) is 0 Å². The van der Waals surface area contributed by atoms with Crippen LogP contribution < -0.4 is 5.73 Å². The third-order valence-corrected chi connectivity index (χ3v) is 2.36. The van der Waals surface area contributed by atoms with Gasteiger partial charge in [0.25, 0.3) is 0 Å². The van der Waals surface area contributed by atoms with E-state index in [0.29, 0.717) is 5.92 Å². The summed E-state index contributed by atoms with van der Waals surface area (Å²) in [6.45, 7) is 6.21. The fourth-order valence-corrected chi connectivity index (χ4v) is 1.08. The second-order valence-corrected chi connectivity index (χ2v) is 3.53. The molecule has 0 saturated heterocycles. The zero-order chi connectivity index (χ0) is 9.84. The quantitative estimate of drug-likeness (QED) is 0.770. The first-order valence-electron chi connectivity index (χ1n) is 4.69. The van der Waals surface area contributed by atoms with Crippen molar-refractivity contribution in [3.05, 3.63) is 23.8 Å². The SMILES string of the molecule is CCC(C)C(N)c1ncc(C)cn1. The molecule has 0 bridgehead atoms. The third-order valence-electron chi connectivity index (χ3n) is 2.36. The maximum absolute atomic E-state index is 5.97. The molecular weight excluding hydrogens is 162 g/mol. The first kappa shape index (κ1) is 10.1. The second-order valence-electron chi connectivity index (χ2n) is 3.53. The minimum Gasteiger partial charge on any atom is -0.321 e. The lowest BCUT2D eigenvalue weighted by atomic mass is 9.99. The molecule has 0 aliphatic heterocycles. The summed E-state index contributed by atoms with van der Waals surface area (Å²) in [4.78, 5) is 8.42. The molecule has 1 aromatic heterocycles. The molecule has 0 aromatic carbocycles. The number of hydrogen-bond acceptors (Lipinski definition) is 3. The van der Waals surface area contributed by atoms with Crippen LogP contribution in [0, 0.1) is 12.8 Å². The predicted molar refractivity (Wildman–Crippen MR) is 53.2 cm³/mol. The Balaban J connectivity index is 2.77. The van der Waals surface area contributed by atoms with Crippen LogP contribution in [-0.4, -0.2) is 9.97 Å². The summed E-state index contributed by atoms with van der Waals surface area (Å²) in [5.41, 5.74) is 7.04. The molecule has 0 radical (unpaired) electrons. The van der Waals surface area contributed by atoms with Crippen molar-refractivity contribution in [1.29, 1.82) is 0 Å². The van der Waals surface area contributed by atoms with Crippen LogP contribution in [0.3, 0.4) is 0 Å². The number of aromatic nitrogens is 2. The fourth-order valence-electron chi connectivity index (χ4n) is 1.08. The average molecular weight is 179 g/mol. The molecule has 3 nitrogen and oxygen atoms in total. The lowest BCUT2D eigenvalue weighted by Gasteiger charge is -2.16. The minimum atomic E-state index is -0.0365. The first-order chi connectivity index (χ1) is 6.15. The van der Waals surface area contributed by atoms with E-state index in [1.165, 1.54) is 0 Å². The van der Waals surface area contributed by atoms with E-state index in [0.717, 1.165) is 17.8 Å². The van der Waals surface area contributed by atoms with Gasteiger partial charge in [0, 0.05) is 12.4 Å². The third kappa shape index (κ3) is 2.49. The van der Waals surface area contributed by atoms with Gasteiger partial charge in [-0.15, -0.1) is 0 Å². The fraction of sp³-hybridized carbons (Fsp3) is 0.600. The summed E-state index contributed by atoms with van der Waals surface area (Å²) in [5, 5.41) is 0. The van der Waals surface area contributed by atoms with Gasteiger partial charge in [-0.25, -0.2) is 9.97 Å². The zero-order valence-corrected chi connectivity index (χ0v) is 8.49. The highest BCUT2D eigenvalue weighted by Gasteiger charge is 2.14. The average Bonchev–Trinajstić information content (AvgIpc) is 2.17. The van der Waals surface area contributed by atoms with Gasteiger partial charge in [-0.1, -0.05) is 20.3 Å². The summed E-state index contributed by atoms with van der Waals surface area (Å²) in [6.07, 6.45) is 4.67. The molecule has 3 heteroatoms. The van der Waals surface area contributed by atoms with E-state index in [4.69, 9.17) is 5.73 Å². The van der Waals surface area contributed by atoms with Gasteiger partial charge >= 0.3 is 0 Å². The number of nitrogens with zero attached hydrogens (tertiary/aromatic N) is 2. The van der Waals surface area contributed by atoms with Crippen LogP contribution in [-0.2, 0) is 0 Å². The Morgan fingerprint density at radius 1 is 1.38 bits per heavy atom. The van der Waals surface area contributed by atoms with Crippen LogP contribution in [0.4, 0.5) is 0 Å². The summed E-state index contributed by atoms with van der Waals surface area (Å²) in [6, 6.07) is -0.0365. The summed E-state index contributed by atoms with van der Waals surface area (Å²) < 4.78 is 0. The number of hydrogen-bond donors (Lipinski definition) is 1. The molecule has 2 atom stereocenters. The largest absolute Gasteiger partial charge is 0.321 e. The van der Waals surface area contributed by atoms with Crippen LogP contribution in [0.1, 0.15) is 37.7 Å². The van der Waals surface area contributed by atoms with E-state index in [1.54, 1.807) is 0 Å². The van der Waals surface area contributed by atoms with E-state index in [-0.39, 0.29) is 6.04 Å². The molecule has 1 rings (SSSR count). The second kappa shape index (κ2) is 4.33. The van der Waals surface area contributed by atoms with Gasteiger partial charge < -0.3 is 5.73 Å². The van der Waals surface area contributed by atoms with E-state index in [1.807, 2.05) is 19.3 Å². The Hall–Kier alpha value is -0.960.